The predicted molar refractivity (Wildman–Crippen MR) is 62.9 cm³/mol. The van der Waals surface area contributed by atoms with Crippen LogP contribution in [0.5, 0.6) is 0 Å². The molecule has 2 aliphatic rings. The van der Waals surface area contributed by atoms with Crippen LogP contribution < -0.4 is 4.90 Å². The van der Waals surface area contributed by atoms with Gasteiger partial charge in [0.25, 0.3) is 0 Å². The first-order valence-electron chi connectivity index (χ1n) is 6.13. The van der Waals surface area contributed by atoms with E-state index < -0.39 is 0 Å². The maximum absolute atomic E-state index is 3.10. The molecule has 2 aliphatic carbocycles. The summed E-state index contributed by atoms with van der Waals surface area (Å²) in [6.07, 6.45) is 5.78. The van der Waals surface area contributed by atoms with Gasteiger partial charge in [0.15, 0.2) is 0 Å². The minimum atomic E-state index is 0.980. The summed E-state index contributed by atoms with van der Waals surface area (Å²) in [6.45, 7) is 2.56. The minimum absolute atomic E-state index is 0.980. The first-order valence-corrected chi connectivity index (χ1v) is 6.13. The van der Waals surface area contributed by atoms with Gasteiger partial charge in [-0.05, 0) is 55.7 Å². The van der Waals surface area contributed by atoms with E-state index in [1.54, 1.807) is 0 Å². The van der Waals surface area contributed by atoms with Crippen molar-refractivity contribution in [2.45, 2.75) is 25.7 Å². The molecule has 3 rings (SSSR count). The van der Waals surface area contributed by atoms with E-state index in [1.807, 2.05) is 12.1 Å². The van der Waals surface area contributed by atoms with Gasteiger partial charge in [0.1, 0.15) is 0 Å². The molecule has 0 N–H and O–H groups in total. The smallest absolute Gasteiger partial charge is 0.0366 e. The number of hydrogen-bond donors (Lipinski definition) is 0. The van der Waals surface area contributed by atoms with E-state index in [9.17, 15) is 0 Å². The highest BCUT2D eigenvalue weighted by Crippen LogP contribution is 2.35. The maximum Gasteiger partial charge on any atom is 0.0366 e. The Kier molecular flexibility index (Phi) is 2.40. The van der Waals surface area contributed by atoms with Gasteiger partial charge in [0.2, 0.25) is 0 Å². The molecule has 2 fully saturated rings. The van der Waals surface area contributed by atoms with Crippen LogP contribution in [0.15, 0.2) is 24.3 Å². The number of hydrogen-bond acceptors (Lipinski definition) is 1. The van der Waals surface area contributed by atoms with Gasteiger partial charge >= 0.3 is 0 Å². The summed E-state index contributed by atoms with van der Waals surface area (Å²) in [5.74, 6) is 1.96. The molecule has 2 saturated carbocycles. The third-order valence-corrected chi connectivity index (χ3v) is 3.42. The number of nitrogens with zero attached hydrogens (tertiary/aromatic N) is 1. The van der Waals surface area contributed by atoms with Crippen LogP contribution in [0.3, 0.4) is 0 Å². The highest BCUT2D eigenvalue weighted by Gasteiger charge is 2.29. The van der Waals surface area contributed by atoms with Gasteiger partial charge in [-0.15, -0.1) is 0 Å². The molecule has 79 valence electrons. The molecular formula is C14H18N. The van der Waals surface area contributed by atoms with Crippen molar-refractivity contribution in [2.75, 3.05) is 18.0 Å². The van der Waals surface area contributed by atoms with Gasteiger partial charge < -0.3 is 4.90 Å². The first-order chi connectivity index (χ1) is 7.42. The van der Waals surface area contributed by atoms with Crippen molar-refractivity contribution in [2.24, 2.45) is 11.8 Å². The van der Waals surface area contributed by atoms with Crippen LogP contribution in [0, 0.1) is 17.9 Å². The Bertz CT molecular complexity index is 297. The molecule has 0 aromatic heterocycles. The van der Waals surface area contributed by atoms with Crippen LogP contribution in [-0.4, -0.2) is 13.1 Å². The van der Waals surface area contributed by atoms with E-state index in [4.69, 9.17) is 0 Å². The lowest BCUT2D eigenvalue weighted by Crippen LogP contribution is -2.27. The van der Waals surface area contributed by atoms with E-state index >= 15 is 0 Å². The summed E-state index contributed by atoms with van der Waals surface area (Å²) in [6, 6.07) is 11.6. The number of benzene rings is 1. The largest absolute Gasteiger partial charge is 0.371 e. The Morgan fingerprint density at radius 1 is 1.00 bits per heavy atom. The number of anilines is 1. The Balaban J connectivity index is 1.69. The molecule has 0 saturated heterocycles. The molecule has 0 atom stereocenters. The Morgan fingerprint density at radius 3 is 2.00 bits per heavy atom. The van der Waals surface area contributed by atoms with E-state index in [2.05, 4.69) is 23.1 Å². The van der Waals surface area contributed by atoms with Crippen molar-refractivity contribution >= 4 is 5.69 Å². The summed E-state index contributed by atoms with van der Waals surface area (Å²) >= 11 is 0. The second-order valence-corrected chi connectivity index (χ2v) is 5.05. The van der Waals surface area contributed by atoms with Gasteiger partial charge in [0, 0.05) is 18.8 Å². The fourth-order valence-corrected chi connectivity index (χ4v) is 2.10. The Hall–Kier alpha value is -0.980. The van der Waals surface area contributed by atoms with E-state index in [-0.39, 0.29) is 0 Å². The lowest BCUT2D eigenvalue weighted by atomic mass is 10.2. The molecule has 0 spiro atoms. The summed E-state index contributed by atoms with van der Waals surface area (Å²) in [5, 5.41) is 0. The normalized spacial score (nSPS) is 20.3. The van der Waals surface area contributed by atoms with Crippen molar-refractivity contribution in [3.8, 4) is 0 Å². The Labute approximate surface area is 92.1 Å². The molecule has 0 amide bonds. The molecular weight excluding hydrogens is 182 g/mol. The monoisotopic (exact) mass is 200 g/mol. The van der Waals surface area contributed by atoms with Crippen molar-refractivity contribution in [1.29, 1.82) is 0 Å². The standard InChI is InChI=1S/C14H18N/c1-2-4-14(5-3-1)15(10-12-6-7-12)11-13-8-9-13/h2-5,12-13H,6-11H2. The molecule has 0 bridgehead atoms. The maximum atomic E-state index is 3.10. The zero-order valence-corrected chi connectivity index (χ0v) is 9.15. The zero-order chi connectivity index (χ0) is 10.1. The molecule has 0 heterocycles. The van der Waals surface area contributed by atoms with E-state index in [0.717, 1.165) is 11.8 Å². The van der Waals surface area contributed by atoms with Crippen LogP contribution in [-0.2, 0) is 0 Å². The van der Waals surface area contributed by atoms with Crippen molar-refractivity contribution < 1.29 is 0 Å². The van der Waals surface area contributed by atoms with Crippen molar-refractivity contribution in [3.05, 3.63) is 30.3 Å². The summed E-state index contributed by atoms with van der Waals surface area (Å²) in [5.41, 5.74) is 1.40. The van der Waals surface area contributed by atoms with E-state index in [0.29, 0.717) is 0 Å². The summed E-state index contributed by atoms with van der Waals surface area (Å²) in [4.78, 5) is 2.59. The third kappa shape index (κ3) is 2.53. The molecule has 1 nitrogen and oxygen atoms in total. The van der Waals surface area contributed by atoms with Crippen molar-refractivity contribution in [3.63, 3.8) is 0 Å². The lowest BCUT2D eigenvalue weighted by molar-refractivity contribution is 0.679. The fourth-order valence-electron chi connectivity index (χ4n) is 2.10. The van der Waals surface area contributed by atoms with Gasteiger partial charge in [0.05, 0.1) is 0 Å². The second-order valence-electron chi connectivity index (χ2n) is 5.05. The first kappa shape index (κ1) is 9.26. The zero-order valence-electron chi connectivity index (χ0n) is 9.15. The lowest BCUT2D eigenvalue weighted by Gasteiger charge is -2.24. The fraction of sp³-hybridized carbons (Fsp3) is 0.571. The van der Waals surface area contributed by atoms with Gasteiger partial charge in [-0.1, -0.05) is 12.1 Å². The average molecular weight is 200 g/mol. The quantitative estimate of drug-likeness (QED) is 0.706. The van der Waals surface area contributed by atoms with Gasteiger partial charge in [-0.2, -0.15) is 0 Å². The van der Waals surface area contributed by atoms with Crippen LogP contribution >= 0.6 is 0 Å². The van der Waals surface area contributed by atoms with Crippen LogP contribution in [0.2, 0.25) is 0 Å². The SMILES string of the molecule is [c]1ccc(N(CC2CC2)CC2CC2)cc1. The predicted octanol–water partition coefficient (Wildman–Crippen LogP) is 3.11. The van der Waals surface area contributed by atoms with Crippen LogP contribution in [0.25, 0.3) is 0 Å². The van der Waals surface area contributed by atoms with Gasteiger partial charge in [-0.3, -0.25) is 0 Å². The summed E-state index contributed by atoms with van der Waals surface area (Å²) in [7, 11) is 0. The number of rotatable bonds is 5. The summed E-state index contributed by atoms with van der Waals surface area (Å²) < 4.78 is 0. The highest BCUT2D eigenvalue weighted by atomic mass is 15.1. The molecule has 0 aliphatic heterocycles. The molecule has 15 heavy (non-hydrogen) atoms. The molecule has 0 unspecified atom stereocenters. The topological polar surface area (TPSA) is 3.24 Å². The third-order valence-electron chi connectivity index (χ3n) is 3.42. The van der Waals surface area contributed by atoms with Gasteiger partial charge in [-0.25, -0.2) is 0 Å². The Morgan fingerprint density at radius 2 is 1.53 bits per heavy atom. The molecule has 1 aromatic rings. The van der Waals surface area contributed by atoms with Crippen LogP contribution in [0.4, 0.5) is 5.69 Å². The van der Waals surface area contributed by atoms with E-state index in [1.165, 1.54) is 44.5 Å². The minimum Gasteiger partial charge on any atom is -0.371 e. The van der Waals surface area contributed by atoms with Crippen molar-refractivity contribution in [1.82, 2.24) is 0 Å². The van der Waals surface area contributed by atoms with Crippen LogP contribution in [0.1, 0.15) is 25.7 Å². The molecule has 1 aromatic carbocycles. The second kappa shape index (κ2) is 3.88. The highest BCUT2D eigenvalue weighted by molar-refractivity contribution is 5.46. The molecule has 1 radical (unpaired) electrons. The average Bonchev–Trinajstić information content (AvgIpc) is 3.13. The molecule has 1 heteroatoms.